The summed E-state index contributed by atoms with van der Waals surface area (Å²) in [5.41, 5.74) is 0.801. The fourth-order valence-electron chi connectivity index (χ4n) is 2.19. The van der Waals surface area contributed by atoms with Crippen LogP contribution in [0.5, 0.6) is 11.5 Å². The van der Waals surface area contributed by atoms with Crippen molar-refractivity contribution in [2.75, 3.05) is 17.9 Å². The average Bonchev–Trinajstić information content (AvgIpc) is 2.49. The van der Waals surface area contributed by atoms with Gasteiger partial charge in [-0.1, -0.05) is 0 Å². The zero-order valence-corrected chi connectivity index (χ0v) is 14.5. The summed E-state index contributed by atoms with van der Waals surface area (Å²) < 4.78 is 52.0. The van der Waals surface area contributed by atoms with Crippen LogP contribution in [0.25, 0.3) is 0 Å². The second-order valence-electron chi connectivity index (χ2n) is 4.99. The number of ether oxygens (including phenoxy) is 2. The van der Waals surface area contributed by atoms with Crippen molar-refractivity contribution in [1.82, 2.24) is 0 Å². The van der Waals surface area contributed by atoms with E-state index in [0.717, 1.165) is 0 Å². The Morgan fingerprint density at radius 2 is 1.78 bits per heavy atom. The number of hydrogen-bond donors (Lipinski definition) is 1. The molecule has 0 bridgehead atoms. The molecule has 5 nitrogen and oxygen atoms in total. The molecule has 0 radical (unpaired) electrons. The van der Waals surface area contributed by atoms with Crippen molar-refractivity contribution >= 4 is 31.6 Å². The van der Waals surface area contributed by atoms with Crippen LogP contribution in [0.15, 0.2) is 39.7 Å². The van der Waals surface area contributed by atoms with E-state index in [4.69, 9.17) is 9.47 Å². The van der Waals surface area contributed by atoms with Gasteiger partial charge in [-0.05, 0) is 52.7 Å². The summed E-state index contributed by atoms with van der Waals surface area (Å²) in [7, 11) is -3.87. The number of fused-ring (bicyclic) bond motifs is 1. The van der Waals surface area contributed by atoms with Crippen LogP contribution >= 0.6 is 15.9 Å². The highest BCUT2D eigenvalue weighted by Gasteiger charge is 2.23. The number of halogens is 2. The van der Waals surface area contributed by atoms with Gasteiger partial charge in [-0.2, -0.15) is 0 Å². The molecule has 1 aliphatic heterocycles. The second-order valence-corrected chi connectivity index (χ2v) is 7.50. The summed E-state index contributed by atoms with van der Waals surface area (Å²) in [6.07, 6.45) is 0. The van der Waals surface area contributed by atoms with E-state index in [0.29, 0.717) is 40.4 Å². The molecule has 122 valence electrons. The first-order valence-corrected chi connectivity index (χ1v) is 9.02. The van der Waals surface area contributed by atoms with Gasteiger partial charge < -0.3 is 9.47 Å². The standard InChI is InChI=1S/C15H13BrFNO4S/c1-9-6-10(17)2-3-12(9)18-23(19,20)15-8-14-13(7-11(15)16)21-4-5-22-14/h2-3,6-8,18H,4-5H2,1H3. The lowest BCUT2D eigenvalue weighted by atomic mass is 10.2. The highest BCUT2D eigenvalue weighted by atomic mass is 79.9. The van der Waals surface area contributed by atoms with E-state index in [2.05, 4.69) is 20.7 Å². The molecule has 0 atom stereocenters. The Hall–Kier alpha value is -1.80. The van der Waals surface area contributed by atoms with Gasteiger partial charge in [0.15, 0.2) is 11.5 Å². The second kappa shape index (κ2) is 6.01. The molecule has 8 heteroatoms. The molecule has 2 aromatic carbocycles. The first-order chi connectivity index (χ1) is 10.9. The Kier molecular flexibility index (Phi) is 4.20. The molecule has 1 aliphatic rings. The fraction of sp³-hybridized carbons (Fsp3) is 0.200. The Morgan fingerprint density at radius 3 is 2.43 bits per heavy atom. The monoisotopic (exact) mass is 401 g/mol. The van der Waals surface area contributed by atoms with Crippen LogP contribution < -0.4 is 14.2 Å². The van der Waals surface area contributed by atoms with Crippen molar-refractivity contribution in [2.24, 2.45) is 0 Å². The average molecular weight is 402 g/mol. The molecule has 0 saturated heterocycles. The third-order valence-corrected chi connectivity index (χ3v) is 5.64. The Morgan fingerprint density at radius 1 is 1.13 bits per heavy atom. The molecule has 1 heterocycles. The first-order valence-electron chi connectivity index (χ1n) is 6.75. The topological polar surface area (TPSA) is 64.6 Å². The molecule has 2 aromatic rings. The molecule has 0 aliphatic carbocycles. The largest absolute Gasteiger partial charge is 0.486 e. The van der Waals surface area contributed by atoms with E-state index >= 15 is 0 Å². The molecule has 0 aromatic heterocycles. The summed E-state index contributed by atoms with van der Waals surface area (Å²) in [4.78, 5) is 0.0190. The van der Waals surface area contributed by atoms with Crippen LogP contribution in [0.1, 0.15) is 5.56 Å². The SMILES string of the molecule is Cc1cc(F)ccc1NS(=O)(=O)c1cc2c(cc1Br)OCCO2. The highest BCUT2D eigenvalue weighted by molar-refractivity contribution is 9.10. The minimum absolute atomic E-state index is 0.0190. The summed E-state index contributed by atoms with van der Waals surface area (Å²) in [6, 6.07) is 6.80. The van der Waals surface area contributed by atoms with Crippen molar-refractivity contribution in [2.45, 2.75) is 11.8 Å². The number of rotatable bonds is 3. The van der Waals surface area contributed by atoms with Crippen LogP contribution in [-0.4, -0.2) is 21.6 Å². The van der Waals surface area contributed by atoms with Crippen LogP contribution in [-0.2, 0) is 10.0 Å². The predicted molar refractivity (Wildman–Crippen MR) is 87.1 cm³/mol. The van der Waals surface area contributed by atoms with Crippen LogP contribution in [0.2, 0.25) is 0 Å². The summed E-state index contributed by atoms with van der Waals surface area (Å²) in [5.74, 6) is 0.432. The third-order valence-electron chi connectivity index (χ3n) is 3.32. The molecule has 0 unspecified atom stereocenters. The van der Waals surface area contributed by atoms with Gasteiger partial charge in [0.2, 0.25) is 0 Å². The summed E-state index contributed by atoms with van der Waals surface area (Å²) >= 11 is 3.24. The normalized spacial score (nSPS) is 13.7. The lowest BCUT2D eigenvalue weighted by molar-refractivity contribution is 0.171. The first kappa shape index (κ1) is 16.1. The van der Waals surface area contributed by atoms with E-state index in [1.54, 1.807) is 13.0 Å². The van der Waals surface area contributed by atoms with Crippen molar-refractivity contribution in [3.05, 3.63) is 46.2 Å². The van der Waals surface area contributed by atoms with E-state index in [1.807, 2.05) is 0 Å². The van der Waals surface area contributed by atoms with Gasteiger partial charge >= 0.3 is 0 Å². The molecule has 0 fully saturated rings. The number of nitrogens with one attached hydrogen (secondary N) is 1. The molecular weight excluding hydrogens is 389 g/mol. The molecule has 0 spiro atoms. The van der Waals surface area contributed by atoms with Gasteiger partial charge in [0.25, 0.3) is 10.0 Å². The number of aryl methyl sites for hydroxylation is 1. The van der Waals surface area contributed by atoms with Crippen molar-refractivity contribution in [1.29, 1.82) is 0 Å². The minimum Gasteiger partial charge on any atom is -0.486 e. The molecule has 0 amide bonds. The van der Waals surface area contributed by atoms with Crippen molar-refractivity contribution in [3.8, 4) is 11.5 Å². The van der Waals surface area contributed by atoms with Gasteiger partial charge in [0, 0.05) is 10.5 Å². The Labute approximate surface area is 141 Å². The summed E-state index contributed by atoms with van der Waals surface area (Å²) in [5, 5.41) is 0. The zero-order valence-electron chi connectivity index (χ0n) is 12.1. The highest BCUT2D eigenvalue weighted by Crippen LogP contribution is 2.38. The maximum Gasteiger partial charge on any atom is 0.263 e. The predicted octanol–water partition coefficient (Wildman–Crippen LogP) is 3.47. The van der Waals surface area contributed by atoms with Gasteiger partial charge in [-0.3, -0.25) is 4.72 Å². The number of benzene rings is 2. The van der Waals surface area contributed by atoms with Crippen LogP contribution in [0, 0.1) is 12.7 Å². The number of hydrogen-bond acceptors (Lipinski definition) is 4. The maximum absolute atomic E-state index is 13.1. The van der Waals surface area contributed by atoms with Crippen molar-refractivity contribution < 1.29 is 22.3 Å². The van der Waals surface area contributed by atoms with Gasteiger partial charge in [0.05, 0.1) is 5.69 Å². The quantitative estimate of drug-likeness (QED) is 0.854. The molecule has 23 heavy (non-hydrogen) atoms. The lowest BCUT2D eigenvalue weighted by Gasteiger charge is -2.20. The van der Waals surface area contributed by atoms with Crippen molar-refractivity contribution in [3.63, 3.8) is 0 Å². The smallest absolute Gasteiger partial charge is 0.263 e. The van der Waals surface area contributed by atoms with E-state index in [1.165, 1.54) is 24.3 Å². The fourth-order valence-corrected chi connectivity index (χ4v) is 4.36. The van der Waals surface area contributed by atoms with Gasteiger partial charge in [0.1, 0.15) is 23.9 Å². The third kappa shape index (κ3) is 3.28. The Bertz CT molecular complexity index is 870. The number of anilines is 1. The lowest BCUT2D eigenvalue weighted by Crippen LogP contribution is -2.18. The zero-order chi connectivity index (χ0) is 16.6. The van der Waals surface area contributed by atoms with Gasteiger partial charge in [-0.25, -0.2) is 12.8 Å². The van der Waals surface area contributed by atoms with Crippen LogP contribution in [0.3, 0.4) is 0 Å². The minimum atomic E-state index is -3.87. The van der Waals surface area contributed by atoms with Gasteiger partial charge in [-0.15, -0.1) is 0 Å². The number of sulfonamides is 1. The maximum atomic E-state index is 13.1. The molecule has 1 N–H and O–H groups in total. The molecule has 3 rings (SSSR count). The Balaban J connectivity index is 1.99. The summed E-state index contributed by atoms with van der Waals surface area (Å²) in [6.45, 7) is 2.40. The van der Waals surface area contributed by atoms with E-state index < -0.39 is 15.8 Å². The van der Waals surface area contributed by atoms with E-state index in [-0.39, 0.29) is 4.90 Å². The van der Waals surface area contributed by atoms with E-state index in [9.17, 15) is 12.8 Å². The molecule has 0 saturated carbocycles. The molecular formula is C15H13BrFNO4S. The van der Waals surface area contributed by atoms with Crippen LogP contribution in [0.4, 0.5) is 10.1 Å².